The van der Waals surface area contributed by atoms with E-state index >= 15 is 0 Å². The Bertz CT molecular complexity index is 1020. The molecular formula is C21H14F3O4P. The van der Waals surface area contributed by atoms with Gasteiger partial charge in [0, 0.05) is 0 Å². The summed E-state index contributed by atoms with van der Waals surface area (Å²) < 4.78 is 39.7. The van der Waals surface area contributed by atoms with E-state index in [-0.39, 0.29) is 11.1 Å². The molecule has 3 rings (SSSR count). The highest BCUT2D eigenvalue weighted by Gasteiger charge is 2.31. The summed E-state index contributed by atoms with van der Waals surface area (Å²) in [6.45, 7) is 0. The summed E-state index contributed by atoms with van der Waals surface area (Å²) in [5.74, 6) is -2.32. The van der Waals surface area contributed by atoms with E-state index in [1.54, 1.807) is 12.1 Å². The highest BCUT2D eigenvalue weighted by atomic mass is 31.1. The molecule has 0 unspecified atom stereocenters. The molecule has 2 N–H and O–H groups in total. The van der Waals surface area contributed by atoms with Crippen molar-refractivity contribution in [3.8, 4) is 0 Å². The minimum atomic E-state index is -4.54. The van der Waals surface area contributed by atoms with Gasteiger partial charge in [-0.15, -0.1) is 0 Å². The molecule has 148 valence electrons. The van der Waals surface area contributed by atoms with Crippen LogP contribution in [0.1, 0.15) is 26.3 Å². The summed E-state index contributed by atoms with van der Waals surface area (Å²) in [7, 11) is -1.62. The Labute approximate surface area is 165 Å². The number of carboxylic acids is 2. The molecule has 8 heteroatoms. The van der Waals surface area contributed by atoms with Crippen LogP contribution in [0.2, 0.25) is 0 Å². The monoisotopic (exact) mass is 418 g/mol. The number of carbonyl (C=O) groups is 2. The predicted molar refractivity (Wildman–Crippen MR) is 104 cm³/mol. The van der Waals surface area contributed by atoms with Crippen LogP contribution >= 0.6 is 7.92 Å². The number of aromatic carboxylic acids is 2. The maximum absolute atomic E-state index is 13.2. The lowest BCUT2D eigenvalue weighted by Crippen LogP contribution is -2.23. The Morgan fingerprint density at radius 3 is 1.52 bits per heavy atom. The Morgan fingerprint density at radius 1 is 0.690 bits per heavy atom. The van der Waals surface area contributed by atoms with Crippen molar-refractivity contribution in [1.29, 1.82) is 0 Å². The van der Waals surface area contributed by atoms with E-state index in [1.165, 1.54) is 48.5 Å². The maximum atomic E-state index is 13.2. The van der Waals surface area contributed by atoms with Gasteiger partial charge in [0.05, 0.1) is 16.7 Å². The molecule has 3 aromatic carbocycles. The van der Waals surface area contributed by atoms with E-state index in [1.807, 2.05) is 0 Å². The van der Waals surface area contributed by atoms with Crippen LogP contribution in [-0.4, -0.2) is 22.2 Å². The molecule has 0 saturated heterocycles. The van der Waals surface area contributed by atoms with Crippen molar-refractivity contribution in [2.45, 2.75) is 6.18 Å². The molecule has 0 spiro atoms. The zero-order valence-corrected chi connectivity index (χ0v) is 15.6. The number of rotatable bonds is 5. The van der Waals surface area contributed by atoms with E-state index in [0.29, 0.717) is 15.9 Å². The normalized spacial score (nSPS) is 11.4. The lowest BCUT2D eigenvalue weighted by molar-refractivity contribution is -0.137. The van der Waals surface area contributed by atoms with E-state index in [0.717, 1.165) is 12.1 Å². The molecule has 0 bridgehead atoms. The van der Waals surface area contributed by atoms with Gasteiger partial charge in [-0.25, -0.2) is 9.59 Å². The van der Waals surface area contributed by atoms with Crippen molar-refractivity contribution in [3.63, 3.8) is 0 Å². The number of halogens is 3. The molecule has 29 heavy (non-hydrogen) atoms. The summed E-state index contributed by atoms with van der Waals surface area (Å²) in [4.78, 5) is 22.7. The number of carboxylic acid groups (broad SMARTS) is 2. The average molecular weight is 418 g/mol. The van der Waals surface area contributed by atoms with Gasteiger partial charge in [0.25, 0.3) is 0 Å². The van der Waals surface area contributed by atoms with Crippen LogP contribution in [0.15, 0.2) is 72.8 Å². The van der Waals surface area contributed by atoms with Gasteiger partial charge in [0.15, 0.2) is 0 Å². The minimum Gasteiger partial charge on any atom is -0.478 e. The molecule has 0 atom stereocenters. The van der Waals surface area contributed by atoms with Crippen molar-refractivity contribution in [3.05, 3.63) is 89.5 Å². The lowest BCUT2D eigenvalue weighted by Gasteiger charge is -2.21. The number of alkyl halides is 3. The third-order valence-electron chi connectivity index (χ3n) is 4.13. The molecule has 0 aliphatic carbocycles. The van der Waals surface area contributed by atoms with E-state index in [2.05, 4.69) is 0 Å². The Hall–Kier alpha value is -3.18. The summed E-state index contributed by atoms with van der Waals surface area (Å²) >= 11 is 0. The standard InChI is InChI=1S/C21H14F3O4P/c22-21(23,24)15-6-3-9-18(12-15)29(16-7-1-4-13(10-16)19(25)26)17-8-2-5-14(11-17)20(27)28/h1-12H,(H,25,26)(H,27,28). The molecule has 0 aliphatic heterocycles. The van der Waals surface area contributed by atoms with Crippen LogP contribution in [0.5, 0.6) is 0 Å². The first-order valence-corrected chi connectivity index (χ1v) is 9.65. The largest absolute Gasteiger partial charge is 0.478 e. The molecule has 0 heterocycles. The van der Waals surface area contributed by atoms with Crippen molar-refractivity contribution in [2.75, 3.05) is 0 Å². The fourth-order valence-corrected chi connectivity index (χ4v) is 5.23. The molecule has 0 fully saturated rings. The van der Waals surface area contributed by atoms with Crippen LogP contribution in [0.4, 0.5) is 13.2 Å². The van der Waals surface area contributed by atoms with Gasteiger partial charge in [-0.1, -0.05) is 36.4 Å². The highest BCUT2D eigenvalue weighted by molar-refractivity contribution is 7.79. The lowest BCUT2D eigenvalue weighted by atomic mass is 10.2. The Balaban J connectivity index is 2.23. The van der Waals surface area contributed by atoms with Gasteiger partial charge in [-0.2, -0.15) is 13.2 Å². The van der Waals surface area contributed by atoms with Crippen LogP contribution in [0, 0.1) is 0 Å². The third-order valence-corrected chi connectivity index (χ3v) is 6.52. The van der Waals surface area contributed by atoms with Crippen molar-refractivity contribution < 1.29 is 33.0 Å². The van der Waals surface area contributed by atoms with Gasteiger partial charge >= 0.3 is 18.1 Å². The SMILES string of the molecule is O=C(O)c1cccc(P(c2cccc(C(=O)O)c2)c2cccc(C(F)(F)F)c2)c1. The van der Waals surface area contributed by atoms with Crippen LogP contribution < -0.4 is 15.9 Å². The molecule has 0 aliphatic rings. The predicted octanol–water partition coefficient (Wildman–Crippen LogP) is 3.86. The van der Waals surface area contributed by atoms with Gasteiger partial charge in [-0.3, -0.25) is 0 Å². The van der Waals surface area contributed by atoms with Crippen molar-refractivity contribution >= 4 is 35.8 Å². The van der Waals surface area contributed by atoms with Crippen LogP contribution in [-0.2, 0) is 6.18 Å². The summed E-state index contributed by atoms with van der Waals surface area (Å²) in [6, 6.07) is 16.7. The van der Waals surface area contributed by atoms with E-state index in [4.69, 9.17) is 0 Å². The number of hydrogen-bond donors (Lipinski definition) is 2. The summed E-state index contributed by atoms with van der Waals surface area (Å²) in [5.41, 5.74) is -0.834. The first-order chi connectivity index (χ1) is 13.7. The number of hydrogen-bond acceptors (Lipinski definition) is 2. The Kier molecular flexibility index (Phi) is 5.71. The minimum absolute atomic E-state index is 0.00337. The quantitative estimate of drug-likeness (QED) is 0.618. The zero-order chi connectivity index (χ0) is 21.2. The van der Waals surface area contributed by atoms with Gasteiger partial charge in [-0.05, 0) is 60.2 Å². The second-order valence-electron chi connectivity index (χ2n) is 6.09. The fraction of sp³-hybridized carbons (Fsp3) is 0.0476. The second kappa shape index (κ2) is 8.05. The summed E-state index contributed by atoms with van der Waals surface area (Å²) in [5, 5.41) is 19.9. The smallest absolute Gasteiger partial charge is 0.416 e. The first-order valence-electron chi connectivity index (χ1n) is 8.31. The third kappa shape index (κ3) is 4.63. The molecule has 0 amide bonds. The molecule has 0 aromatic heterocycles. The average Bonchev–Trinajstić information content (AvgIpc) is 2.68. The molecular weight excluding hydrogens is 404 g/mol. The van der Waals surface area contributed by atoms with Gasteiger partial charge < -0.3 is 10.2 Å². The molecule has 0 saturated carbocycles. The molecule has 3 aromatic rings. The Morgan fingerprint density at radius 2 is 1.10 bits per heavy atom. The summed E-state index contributed by atoms with van der Waals surface area (Å²) in [6.07, 6.45) is -4.54. The van der Waals surface area contributed by atoms with E-state index < -0.39 is 31.6 Å². The van der Waals surface area contributed by atoms with Crippen LogP contribution in [0.25, 0.3) is 0 Å². The van der Waals surface area contributed by atoms with Crippen molar-refractivity contribution in [1.82, 2.24) is 0 Å². The topological polar surface area (TPSA) is 74.6 Å². The maximum Gasteiger partial charge on any atom is 0.416 e. The van der Waals surface area contributed by atoms with E-state index in [9.17, 15) is 33.0 Å². The second-order valence-corrected chi connectivity index (χ2v) is 8.31. The van der Waals surface area contributed by atoms with Crippen LogP contribution in [0.3, 0.4) is 0 Å². The highest BCUT2D eigenvalue weighted by Crippen LogP contribution is 2.36. The first kappa shape index (κ1) is 20.6. The fourth-order valence-electron chi connectivity index (χ4n) is 2.82. The van der Waals surface area contributed by atoms with Gasteiger partial charge in [0.2, 0.25) is 0 Å². The van der Waals surface area contributed by atoms with Gasteiger partial charge in [0.1, 0.15) is 0 Å². The number of benzene rings is 3. The zero-order valence-electron chi connectivity index (χ0n) is 14.7. The molecule has 4 nitrogen and oxygen atoms in total. The van der Waals surface area contributed by atoms with Crippen molar-refractivity contribution in [2.24, 2.45) is 0 Å². The molecule has 0 radical (unpaired) electrons.